The normalized spacial score (nSPS) is 32.3. The van der Waals surface area contributed by atoms with Crippen LogP contribution in [-0.4, -0.2) is 31.9 Å². The minimum absolute atomic E-state index is 0.184. The van der Waals surface area contributed by atoms with Gasteiger partial charge < -0.3 is 35.7 Å². The van der Waals surface area contributed by atoms with Gasteiger partial charge in [-0.25, -0.2) is 0 Å². The van der Waals surface area contributed by atoms with Crippen LogP contribution in [0.5, 0.6) is 11.5 Å². The molecule has 0 radical (unpaired) electrons. The van der Waals surface area contributed by atoms with Gasteiger partial charge in [-0.1, -0.05) is 0 Å². The molecule has 1 saturated heterocycles. The van der Waals surface area contributed by atoms with Crippen LogP contribution in [0.25, 0.3) is 0 Å². The second kappa shape index (κ2) is 6.99. The van der Waals surface area contributed by atoms with Crippen molar-refractivity contribution in [3.8, 4) is 11.5 Å². The van der Waals surface area contributed by atoms with Crippen LogP contribution < -0.4 is 25.9 Å². The minimum atomic E-state index is -1.07. The van der Waals surface area contributed by atoms with E-state index in [9.17, 15) is 10.0 Å². The fourth-order valence-corrected chi connectivity index (χ4v) is 5.64. The molecule has 0 aliphatic carbocycles. The molecule has 3 aliphatic heterocycles. The molecule has 0 aromatic heterocycles. The Hall–Kier alpha value is -3.01. The van der Waals surface area contributed by atoms with Crippen LogP contribution in [0.15, 0.2) is 36.4 Å². The summed E-state index contributed by atoms with van der Waals surface area (Å²) in [6.07, 6.45) is 0.435. The first-order chi connectivity index (χ1) is 15.2. The topological polar surface area (TPSA) is 129 Å². The lowest BCUT2D eigenvalue weighted by molar-refractivity contribution is -0.230. The van der Waals surface area contributed by atoms with Gasteiger partial charge >= 0.3 is 5.97 Å². The van der Waals surface area contributed by atoms with Crippen molar-refractivity contribution < 1.29 is 23.8 Å². The van der Waals surface area contributed by atoms with Gasteiger partial charge in [-0.2, -0.15) is 0 Å². The third kappa shape index (κ3) is 2.58. The predicted octanol–water partition coefficient (Wildman–Crippen LogP) is 3.00. The van der Waals surface area contributed by atoms with E-state index in [0.29, 0.717) is 53.6 Å². The third-order valence-corrected chi connectivity index (χ3v) is 7.17. The lowest BCUT2D eigenvalue weighted by Crippen LogP contribution is -2.73. The van der Waals surface area contributed by atoms with Crippen molar-refractivity contribution in [1.29, 1.82) is 0 Å². The molecule has 32 heavy (non-hydrogen) atoms. The molecule has 9 nitrogen and oxygen atoms in total. The largest absolute Gasteiger partial charge is 0.583 e. The van der Waals surface area contributed by atoms with Crippen LogP contribution in [0.2, 0.25) is 0 Å². The van der Waals surface area contributed by atoms with E-state index in [1.807, 2.05) is 6.92 Å². The van der Waals surface area contributed by atoms with E-state index in [4.69, 9.17) is 30.5 Å². The number of hydroxylamine groups is 2. The van der Waals surface area contributed by atoms with Gasteiger partial charge in [-0.05, 0) is 31.2 Å². The number of rotatable bonds is 4. The van der Waals surface area contributed by atoms with Crippen molar-refractivity contribution in [3.63, 3.8) is 0 Å². The SMILES string of the molecule is CC(=O)OCC[C@@H]1OCC[C@@]23c4c(ccc(N)c4OC[C@@]12C)O[N+]3([O-])c1ccc(N)cc1. The van der Waals surface area contributed by atoms with Crippen LogP contribution in [0, 0.1) is 10.6 Å². The molecule has 4 atom stereocenters. The van der Waals surface area contributed by atoms with Crippen LogP contribution in [0.3, 0.4) is 0 Å². The zero-order chi connectivity index (χ0) is 22.7. The molecule has 0 bridgehead atoms. The average Bonchev–Trinajstić information content (AvgIpc) is 3.02. The number of nitrogens with zero attached hydrogens (tertiary/aromatic N) is 1. The van der Waals surface area contributed by atoms with E-state index in [-0.39, 0.29) is 19.2 Å². The number of hydrogen-bond acceptors (Lipinski definition) is 8. The second-order valence-electron chi connectivity index (χ2n) is 8.90. The number of carbonyl (C=O) groups excluding carboxylic acids is 1. The van der Waals surface area contributed by atoms with Crippen LogP contribution >= 0.6 is 0 Å². The first-order valence-corrected chi connectivity index (χ1v) is 10.7. The van der Waals surface area contributed by atoms with E-state index >= 15 is 0 Å². The lowest BCUT2D eigenvalue weighted by atomic mass is 9.59. The number of ether oxygens (including phenoxy) is 3. The molecule has 1 fully saturated rings. The fraction of sp³-hybridized carbons (Fsp3) is 0.435. The summed E-state index contributed by atoms with van der Waals surface area (Å²) in [5.41, 5.74) is 12.4. The second-order valence-corrected chi connectivity index (χ2v) is 8.90. The van der Waals surface area contributed by atoms with Crippen molar-refractivity contribution in [2.45, 2.75) is 38.3 Å². The molecule has 4 N–H and O–H groups in total. The van der Waals surface area contributed by atoms with Gasteiger partial charge in [-0.3, -0.25) is 4.79 Å². The summed E-state index contributed by atoms with van der Waals surface area (Å²) < 4.78 is 17.5. The molecule has 0 saturated carbocycles. The summed E-state index contributed by atoms with van der Waals surface area (Å²) in [7, 11) is 0. The zero-order valence-electron chi connectivity index (χ0n) is 18.1. The maximum absolute atomic E-state index is 14.9. The first kappa shape index (κ1) is 20.9. The summed E-state index contributed by atoms with van der Waals surface area (Å²) in [6.45, 7) is 4.08. The lowest BCUT2D eigenvalue weighted by Gasteiger charge is -2.60. The van der Waals surface area contributed by atoms with Crippen LogP contribution in [0.4, 0.5) is 17.1 Å². The summed E-state index contributed by atoms with van der Waals surface area (Å²) >= 11 is 0. The summed E-state index contributed by atoms with van der Waals surface area (Å²) in [4.78, 5) is 16.4. The third-order valence-electron chi connectivity index (χ3n) is 7.17. The molecular formula is C23H27N3O6. The van der Waals surface area contributed by atoms with E-state index in [0.717, 1.165) is 0 Å². The number of anilines is 2. The highest BCUT2D eigenvalue weighted by Crippen LogP contribution is 2.67. The van der Waals surface area contributed by atoms with E-state index in [1.165, 1.54) is 6.92 Å². The monoisotopic (exact) mass is 441 g/mol. The van der Waals surface area contributed by atoms with Gasteiger partial charge in [-0.15, -0.1) is 4.81 Å². The molecule has 1 unspecified atom stereocenters. The Kier molecular flexibility index (Phi) is 4.56. The number of nitrogen functional groups attached to an aromatic ring is 2. The first-order valence-electron chi connectivity index (χ1n) is 10.7. The van der Waals surface area contributed by atoms with Gasteiger partial charge in [0.25, 0.3) is 0 Å². The Morgan fingerprint density at radius 3 is 2.72 bits per heavy atom. The van der Waals surface area contributed by atoms with E-state index in [2.05, 4.69) is 0 Å². The average molecular weight is 441 g/mol. The number of carbonyl (C=O) groups is 1. The molecule has 5 rings (SSSR count). The summed E-state index contributed by atoms with van der Waals surface area (Å²) in [6, 6.07) is 10.2. The van der Waals surface area contributed by atoms with E-state index in [1.54, 1.807) is 36.4 Å². The molecule has 2 aromatic rings. The van der Waals surface area contributed by atoms with Gasteiger partial charge in [0.05, 0.1) is 30.4 Å². The predicted molar refractivity (Wildman–Crippen MR) is 118 cm³/mol. The summed E-state index contributed by atoms with van der Waals surface area (Å²) in [5.74, 6) is 0.584. The molecule has 3 heterocycles. The maximum atomic E-state index is 14.9. The zero-order valence-corrected chi connectivity index (χ0v) is 18.1. The van der Waals surface area contributed by atoms with Gasteiger partial charge in [0.15, 0.2) is 17.0 Å². The Morgan fingerprint density at radius 2 is 2.00 bits per heavy atom. The Morgan fingerprint density at radius 1 is 1.25 bits per heavy atom. The van der Waals surface area contributed by atoms with Crippen molar-refractivity contribution in [3.05, 3.63) is 47.2 Å². The van der Waals surface area contributed by atoms with Crippen molar-refractivity contribution in [2.75, 3.05) is 31.3 Å². The molecule has 1 spiro atoms. The highest BCUT2D eigenvalue weighted by atomic mass is 16.9. The van der Waals surface area contributed by atoms with Gasteiger partial charge in [0, 0.05) is 37.6 Å². The number of nitrogens with two attached hydrogens (primary N) is 2. The molecule has 170 valence electrons. The highest BCUT2D eigenvalue weighted by Gasteiger charge is 2.74. The number of quaternary nitrogens is 1. The van der Waals surface area contributed by atoms with Crippen molar-refractivity contribution in [2.24, 2.45) is 5.41 Å². The Labute approximate surface area is 185 Å². The fourth-order valence-electron chi connectivity index (χ4n) is 5.64. The van der Waals surface area contributed by atoms with Crippen molar-refractivity contribution >= 4 is 23.0 Å². The summed E-state index contributed by atoms with van der Waals surface area (Å²) in [5, 5.41) is 14.9. The quantitative estimate of drug-likeness (QED) is 0.321. The molecule has 2 aromatic carbocycles. The molecular weight excluding hydrogens is 414 g/mol. The van der Waals surface area contributed by atoms with Crippen LogP contribution in [0.1, 0.15) is 32.3 Å². The number of benzene rings is 2. The molecule has 9 heteroatoms. The van der Waals surface area contributed by atoms with Gasteiger partial charge in [0.2, 0.25) is 5.75 Å². The Bertz CT molecular complexity index is 1080. The standard InChI is InChI=1S/C23H27N3O6/c1-14(27)29-11-9-19-22(2)13-31-21-17(25)7-8-18-20(21)23(22,10-12-30-19)26(28,32-18)16-5-3-15(24)4-6-16/h3-8,19H,9-13,24-25H2,1-2H3/t19-,22-,23+,26?/m0/s1. The van der Waals surface area contributed by atoms with Crippen LogP contribution in [-0.2, 0) is 19.8 Å². The van der Waals surface area contributed by atoms with Crippen molar-refractivity contribution in [1.82, 2.24) is 4.81 Å². The smallest absolute Gasteiger partial charge is 0.302 e. The van der Waals surface area contributed by atoms with Gasteiger partial charge in [0.1, 0.15) is 12.2 Å². The number of esters is 1. The molecule has 0 amide bonds. The molecule has 3 aliphatic rings. The Balaban J connectivity index is 1.70. The number of hydrogen-bond donors (Lipinski definition) is 2. The maximum Gasteiger partial charge on any atom is 0.302 e. The van der Waals surface area contributed by atoms with E-state index < -0.39 is 21.9 Å². The minimum Gasteiger partial charge on any atom is -0.583 e. The highest BCUT2D eigenvalue weighted by molar-refractivity contribution is 5.70.